The van der Waals surface area contributed by atoms with Crippen LogP contribution < -0.4 is 15.4 Å². The molecule has 0 aliphatic carbocycles. The molecule has 1 aliphatic heterocycles. The maximum Gasteiger partial charge on any atom is 0.360 e. The maximum absolute atomic E-state index is 12.4. The van der Waals surface area contributed by atoms with Gasteiger partial charge in [-0.1, -0.05) is 17.7 Å². The molecule has 2 amide bonds. The number of carbonyl (C=O) groups excluding carboxylic acids is 3. The largest absolute Gasteiger partial charge is 0.464 e. The Balaban J connectivity index is 1.84. The van der Waals surface area contributed by atoms with Crippen molar-refractivity contribution in [2.75, 3.05) is 17.2 Å². The third kappa shape index (κ3) is 3.62. The van der Waals surface area contributed by atoms with E-state index in [0.717, 1.165) is 5.56 Å². The molecule has 7 heteroatoms. The first-order valence-corrected chi connectivity index (χ1v) is 8.53. The molecule has 0 saturated carbocycles. The first kappa shape index (κ1) is 18.4. The Bertz CT molecular complexity index is 924. The van der Waals surface area contributed by atoms with Crippen LogP contribution in [0.3, 0.4) is 0 Å². The number of fused-ring (bicyclic) bond motifs is 1. The molecular formula is C20H20N2O5. The molecule has 27 heavy (non-hydrogen) atoms. The minimum atomic E-state index is -1.79. The molecule has 0 spiro atoms. The highest BCUT2D eigenvalue weighted by molar-refractivity contribution is 6.14. The summed E-state index contributed by atoms with van der Waals surface area (Å²) in [6.45, 7) is 5.03. The minimum absolute atomic E-state index is 0.129. The molecule has 140 valence electrons. The van der Waals surface area contributed by atoms with Crippen molar-refractivity contribution in [2.24, 2.45) is 0 Å². The smallest absolute Gasteiger partial charge is 0.360 e. The summed E-state index contributed by atoms with van der Waals surface area (Å²) in [6, 6.07) is 12.0. The number of hydrogen-bond acceptors (Lipinski definition) is 5. The molecule has 2 aromatic carbocycles. The highest BCUT2D eigenvalue weighted by Gasteiger charge is 2.48. The quantitative estimate of drug-likeness (QED) is 0.639. The number of benzene rings is 2. The Morgan fingerprint density at radius 3 is 2.70 bits per heavy atom. The van der Waals surface area contributed by atoms with Crippen LogP contribution in [0.1, 0.15) is 29.8 Å². The second-order valence-corrected chi connectivity index (χ2v) is 6.34. The molecule has 0 radical (unpaired) electrons. The second kappa shape index (κ2) is 7.11. The van der Waals surface area contributed by atoms with Crippen molar-refractivity contribution in [1.82, 2.24) is 0 Å². The van der Waals surface area contributed by atoms with Gasteiger partial charge in [-0.15, -0.1) is 0 Å². The van der Waals surface area contributed by atoms with Crippen molar-refractivity contribution in [3.8, 4) is 5.75 Å². The molecule has 7 nitrogen and oxygen atoms in total. The van der Waals surface area contributed by atoms with E-state index in [1.807, 2.05) is 13.0 Å². The number of ether oxygens (including phenoxy) is 2. The monoisotopic (exact) mass is 368 g/mol. The zero-order valence-corrected chi connectivity index (χ0v) is 15.3. The fourth-order valence-electron chi connectivity index (χ4n) is 2.69. The van der Waals surface area contributed by atoms with Crippen molar-refractivity contribution in [1.29, 1.82) is 0 Å². The predicted molar refractivity (Wildman–Crippen MR) is 99.9 cm³/mol. The van der Waals surface area contributed by atoms with E-state index in [0.29, 0.717) is 16.9 Å². The van der Waals surface area contributed by atoms with Crippen LogP contribution >= 0.6 is 0 Å². The van der Waals surface area contributed by atoms with E-state index in [1.165, 1.54) is 6.92 Å². The average molecular weight is 368 g/mol. The molecule has 2 aromatic rings. The van der Waals surface area contributed by atoms with E-state index in [9.17, 15) is 14.4 Å². The normalized spacial score (nSPS) is 18.0. The summed E-state index contributed by atoms with van der Waals surface area (Å²) in [5.41, 5.74) is 0.600. The van der Waals surface area contributed by atoms with Crippen LogP contribution in [0.5, 0.6) is 5.75 Å². The van der Waals surface area contributed by atoms with Gasteiger partial charge in [0.1, 0.15) is 5.75 Å². The van der Waals surface area contributed by atoms with Gasteiger partial charge >= 0.3 is 5.97 Å². The third-order valence-electron chi connectivity index (χ3n) is 4.18. The molecule has 2 N–H and O–H groups in total. The lowest BCUT2D eigenvalue weighted by Gasteiger charge is -2.32. The van der Waals surface area contributed by atoms with Crippen LogP contribution in [0, 0.1) is 6.92 Å². The third-order valence-corrected chi connectivity index (χ3v) is 4.18. The van der Waals surface area contributed by atoms with Crippen LogP contribution in [-0.2, 0) is 14.3 Å². The fraction of sp³-hybridized carbons (Fsp3) is 0.250. The van der Waals surface area contributed by atoms with Crippen LogP contribution in [-0.4, -0.2) is 30.0 Å². The van der Waals surface area contributed by atoms with E-state index in [1.54, 1.807) is 43.3 Å². The van der Waals surface area contributed by atoms with Crippen LogP contribution in [0.15, 0.2) is 42.5 Å². The van der Waals surface area contributed by atoms with E-state index in [-0.39, 0.29) is 18.3 Å². The summed E-state index contributed by atoms with van der Waals surface area (Å²) in [5.74, 6) is -1.38. The first-order chi connectivity index (χ1) is 12.8. The number of rotatable bonds is 4. The van der Waals surface area contributed by atoms with Crippen LogP contribution in [0.25, 0.3) is 0 Å². The zero-order valence-electron chi connectivity index (χ0n) is 15.3. The van der Waals surface area contributed by atoms with Crippen molar-refractivity contribution < 1.29 is 23.9 Å². The number of esters is 1. The fourth-order valence-corrected chi connectivity index (χ4v) is 2.69. The molecule has 0 unspecified atom stereocenters. The Morgan fingerprint density at radius 2 is 2.00 bits per heavy atom. The van der Waals surface area contributed by atoms with Gasteiger partial charge in [-0.05, 0) is 45.0 Å². The Hall–Kier alpha value is -3.35. The average Bonchev–Trinajstić information content (AvgIpc) is 2.63. The van der Waals surface area contributed by atoms with E-state index in [4.69, 9.17) is 9.47 Å². The molecule has 1 heterocycles. The lowest BCUT2D eigenvalue weighted by molar-refractivity contribution is -0.165. The van der Waals surface area contributed by atoms with Crippen molar-refractivity contribution in [2.45, 2.75) is 26.4 Å². The van der Waals surface area contributed by atoms with Crippen molar-refractivity contribution in [3.63, 3.8) is 0 Å². The van der Waals surface area contributed by atoms with Crippen molar-refractivity contribution in [3.05, 3.63) is 53.6 Å². The predicted octanol–water partition coefficient (Wildman–Crippen LogP) is 2.90. The van der Waals surface area contributed by atoms with Gasteiger partial charge in [0, 0.05) is 17.3 Å². The summed E-state index contributed by atoms with van der Waals surface area (Å²) < 4.78 is 10.6. The highest BCUT2D eigenvalue weighted by Crippen LogP contribution is 2.36. The molecule has 0 fully saturated rings. The molecular weight excluding hydrogens is 348 g/mol. The summed E-state index contributed by atoms with van der Waals surface area (Å²) in [6.07, 6.45) is 0. The zero-order chi connectivity index (χ0) is 19.6. The summed E-state index contributed by atoms with van der Waals surface area (Å²) in [7, 11) is 0. The lowest BCUT2D eigenvalue weighted by Crippen LogP contribution is -2.55. The van der Waals surface area contributed by atoms with Gasteiger partial charge in [-0.3, -0.25) is 9.59 Å². The molecule has 3 rings (SSSR count). The maximum atomic E-state index is 12.4. The Kier molecular flexibility index (Phi) is 4.85. The molecule has 0 aromatic heterocycles. The SMILES string of the molecule is CCOC(=O)[C@]1(C)Oc2cc(NC(=O)c3cccc(C)c3)ccc2NC1=O. The van der Waals surface area contributed by atoms with Gasteiger partial charge in [0.2, 0.25) is 0 Å². The number of hydrogen-bond donors (Lipinski definition) is 2. The number of anilines is 2. The van der Waals surface area contributed by atoms with Gasteiger partial charge in [-0.25, -0.2) is 4.79 Å². The summed E-state index contributed by atoms with van der Waals surface area (Å²) in [4.78, 5) is 36.8. The van der Waals surface area contributed by atoms with Gasteiger partial charge < -0.3 is 20.1 Å². The van der Waals surface area contributed by atoms with Gasteiger partial charge in [0.05, 0.1) is 12.3 Å². The van der Waals surface area contributed by atoms with Crippen LogP contribution in [0.2, 0.25) is 0 Å². The van der Waals surface area contributed by atoms with Crippen LogP contribution in [0.4, 0.5) is 11.4 Å². The van der Waals surface area contributed by atoms with E-state index in [2.05, 4.69) is 10.6 Å². The topological polar surface area (TPSA) is 93.7 Å². The molecule has 0 saturated heterocycles. The highest BCUT2D eigenvalue weighted by atomic mass is 16.6. The van der Waals surface area contributed by atoms with Gasteiger partial charge in [-0.2, -0.15) is 0 Å². The van der Waals surface area contributed by atoms with E-state index >= 15 is 0 Å². The Labute approximate surface area is 156 Å². The van der Waals surface area contributed by atoms with Crippen molar-refractivity contribution >= 4 is 29.2 Å². The van der Waals surface area contributed by atoms with E-state index < -0.39 is 17.5 Å². The standard InChI is InChI=1S/C20H20N2O5/c1-4-26-19(25)20(3)18(24)22-15-9-8-14(11-16(15)27-20)21-17(23)13-7-5-6-12(2)10-13/h5-11H,4H2,1-3H3,(H,21,23)(H,22,24)/t20-/m1/s1. The molecule has 1 atom stereocenters. The molecule has 1 aliphatic rings. The lowest BCUT2D eigenvalue weighted by atomic mass is 10.0. The number of amides is 2. The second-order valence-electron chi connectivity index (χ2n) is 6.34. The number of carbonyl (C=O) groups is 3. The molecule has 0 bridgehead atoms. The van der Waals surface area contributed by atoms with Gasteiger partial charge in [0.25, 0.3) is 17.4 Å². The van der Waals surface area contributed by atoms with Gasteiger partial charge in [0.15, 0.2) is 0 Å². The number of nitrogens with one attached hydrogen (secondary N) is 2. The number of aryl methyl sites for hydroxylation is 1. The Morgan fingerprint density at radius 1 is 1.22 bits per heavy atom. The minimum Gasteiger partial charge on any atom is -0.464 e. The first-order valence-electron chi connectivity index (χ1n) is 8.53. The summed E-state index contributed by atoms with van der Waals surface area (Å²) in [5, 5.41) is 5.41. The summed E-state index contributed by atoms with van der Waals surface area (Å²) >= 11 is 0.